The maximum absolute atomic E-state index is 11.3. The number of aryl methyl sites for hydroxylation is 1. The molecule has 0 radical (unpaired) electrons. The Balaban J connectivity index is 1.25. The molecule has 0 saturated carbocycles. The summed E-state index contributed by atoms with van der Waals surface area (Å²) in [6.07, 6.45) is 3.40. The lowest BCUT2D eigenvalue weighted by Crippen LogP contribution is -2.28. The van der Waals surface area contributed by atoms with E-state index in [1.807, 2.05) is 72.8 Å². The van der Waals surface area contributed by atoms with Crippen molar-refractivity contribution in [3.05, 3.63) is 96.2 Å². The molecule has 1 heterocycles. The van der Waals surface area contributed by atoms with Gasteiger partial charge in [-0.3, -0.25) is 5.21 Å². The van der Waals surface area contributed by atoms with E-state index >= 15 is 0 Å². The van der Waals surface area contributed by atoms with Crippen LogP contribution in [0.25, 0.3) is 11.3 Å². The van der Waals surface area contributed by atoms with Crippen molar-refractivity contribution in [1.29, 1.82) is 0 Å². The molecular weight excluding hydrogens is 444 g/mol. The SMILES string of the molecule is O=C(NO)Oc1ccc2c(c1)CC(Nc1nccc(-c3ccc(Oc4ccccc4)cc3)n1)CC2. The smallest absolute Gasteiger partial charge is 0.436 e. The fraction of sp³-hybridized carbons (Fsp3) is 0.148. The van der Waals surface area contributed by atoms with Gasteiger partial charge in [0.05, 0.1) is 5.69 Å². The summed E-state index contributed by atoms with van der Waals surface area (Å²) in [5.41, 5.74) is 5.55. The summed E-state index contributed by atoms with van der Waals surface area (Å²) in [5, 5.41) is 12.1. The molecule has 0 spiro atoms. The van der Waals surface area contributed by atoms with Crippen LogP contribution in [0.3, 0.4) is 0 Å². The first-order valence-electron chi connectivity index (χ1n) is 11.3. The molecule has 8 nitrogen and oxygen atoms in total. The van der Waals surface area contributed by atoms with Crippen molar-refractivity contribution >= 4 is 12.0 Å². The van der Waals surface area contributed by atoms with E-state index in [2.05, 4.69) is 10.3 Å². The van der Waals surface area contributed by atoms with Gasteiger partial charge in [0.15, 0.2) is 0 Å². The van der Waals surface area contributed by atoms with Crippen molar-refractivity contribution in [3.8, 4) is 28.5 Å². The van der Waals surface area contributed by atoms with Gasteiger partial charge in [0, 0.05) is 17.8 Å². The molecule has 5 rings (SSSR count). The van der Waals surface area contributed by atoms with E-state index in [-0.39, 0.29) is 6.04 Å². The lowest BCUT2D eigenvalue weighted by molar-refractivity contribution is 0.127. The molecule has 0 fully saturated rings. The number of hydroxylamine groups is 1. The van der Waals surface area contributed by atoms with Crippen LogP contribution in [0, 0.1) is 0 Å². The van der Waals surface area contributed by atoms with Gasteiger partial charge in [0.1, 0.15) is 17.2 Å². The normalized spacial score (nSPS) is 14.5. The van der Waals surface area contributed by atoms with Crippen LogP contribution in [-0.4, -0.2) is 27.3 Å². The van der Waals surface area contributed by atoms with Gasteiger partial charge in [-0.15, -0.1) is 0 Å². The molecule has 4 aromatic rings. The Morgan fingerprint density at radius 1 is 0.914 bits per heavy atom. The van der Waals surface area contributed by atoms with Gasteiger partial charge < -0.3 is 14.8 Å². The molecule has 1 unspecified atom stereocenters. The van der Waals surface area contributed by atoms with Crippen LogP contribution >= 0.6 is 0 Å². The van der Waals surface area contributed by atoms with Crippen LogP contribution in [0.5, 0.6) is 17.2 Å². The molecule has 0 saturated heterocycles. The van der Waals surface area contributed by atoms with E-state index in [9.17, 15) is 4.79 Å². The number of aromatic nitrogens is 2. The van der Waals surface area contributed by atoms with Crippen LogP contribution in [0.2, 0.25) is 0 Å². The molecule has 1 aliphatic carbocycles. The maximum Gasteiger partial charge on any atom is 0.436 e. The molecule has 3 N–H and O–H groups in total. The summed E-state index contributed by atoms with van der Waals surface area (Å²) >= 11 is 0. The molecular formula is C27H24N4O4. The molecule has 35 heavy (non-hydrogen) atoms. The summed E-state index contributed by atoms with van der Waals surface area (Å²) in [7, 11) is 0. The number of carbonyl (C=O) groups excluding carboxylic acids is 1. The second-order valence-corrected chi connectivity index (χ2v) is 8.22. The molecule has 3 aromatic carbocycles. The molecule has 0 aliphatic heterocycles. The summed E-state index contributed by atoms with van der Waals surface area (Å²) < 4.78 is 10.9. The largest absolute Gasteiger partial charge is 0.457 e. The van der Waals surface area contributed by atoms with Crippen LogP contribution < -0.4 is 20.3 Å². The van der Waals surface area contributed by atoms with Crippen molar-refractivity contribution in [1.82, 2.24) is 15.4 Å². The van der Waals surface area contributed by atoms with E-state index in [0.717, 1.165) is 47.6 Å². The molecule has 176 valence electrons. The Labute approximate surface area is 202 Å². The Bertz CT molecular complexity index is 1310. The Morgan fingerprint density at radius 3 is 2.49 bits per heavy atom. The van der Waals surface area contributed by atoms with Crippen molar-refractivity contribution in [2.24, 2.45) is 0 Å². The summed E-state index contributed by atoms with van der Waals surface area (Å²) in [4.78, 5) is 20.4. The van der Waals surface area contributed by atoms with E-state index in [1.54, 1.807) is 12.3 Å². The number of hydrogen-bond donors (Lipinski definition) is 3. The zero-order valence-electron chi connectivity index (χ0n) is 18.8. The maximum atomic E-state index is 11.3. The predicted molar refractivity (Wildman–Crippen MR) is 131 cm³/mol. The Morgan fingerprint density at radius 2 is 1.69 bits per heavy atom. The fourth-order valence-electron chi connectivity index (χ4n) is 4.14. The van der Waals surface area contributed by atoms with Crippen molar-refractivity contribution in [3.63, 3.8) is 0 Å². The molecule has 8 heteroatoms. The number of fused-ring (bicyclic) bond motifs is 1. The minimum absolute atomic E-state index is 0.140. The van der Waals surface area contributed by atoms with Crippen LogP contribution in [0.4, 0.5) is 10.7 Å². The molecule has 1 amide bonds. The van der Waals surface area contributed by atoms with Gasteiger partial charge in [-0.25, -0.2) is 20.2 Å². The average molecular weight is 469 g/mol. The van der Waals surface area contributed by atoms with Crippen LogP contribution in [0.1, 0.15) is 17.5 Å². The fourth-order valence-corrected chi connectivity index (χ4v) is 4.14. The standard InChI is InChI=1S/C27H24N4O4/c32-27(31-33)35-24-13-7-18-6-10-21(16-20(18)17-24)29-26-28-15-14-25(30-26)19-8-11-23(12-9-19)34-22-4-2-1-3-5-22/h1-5,7-9,11-15,17,21,33H,6,10,16H2,(H,31,32)(H,28,29,30). The number of hydrogen-bond acceptors (Lipinski definition) is 7. The highest BCUT2D eigenvalue weighted by atomic mass is 16.6. The third-order valence-corrected chi connectivity index (χ3v) is 5.83. The highest BCUT2D eigenvalue weighted by Crippen LogP contribution is 2.28. The van der Waals surface area contributed by atoms with Gasteiger partial charge in [-0.2, -0.15) is 0 Å². The molecule has 1 atom stereocenters. The number of nitrogens with one attached hydrogen (secondary N) is 2. The van der Waals surface area contributed by atoms with Gasteiger partial charge in [0.25, 0.3) is 0 Å². The zero-order chi connectivity index (χ0) is 24.0. The van der Waals surface area contributed by atoms with E-state index in [0.29, 0.717) is 11.7 Å². The number of rotatable bonds is 6. The van der Waals surface area contributed by atoms with E-state index < -0.39 is 6.09 Å². The Hall–Kier alpha value is -4.43. The van der Waals surface area contributed by atoms with Crippen LogP contribution in [-0.2, 0) is 12.8 Å². The number of anilines is 1. The third kappa shape index (κ3) is 5.56. The second kappa shape index (κ2) is 10.2. The van der Waals surface area contributed by atoms with E-state index in [1.165, 1.54) is 11.0 Å². The number of para-hydroxylation sites is 1. The zero-order valence-corrected chi connectivity index (χ0v) is 18.8. The monoisotopic (exact) mass is 468 g/mol. The quantitative estimate of drug-likeness (QED) is 0.258. The molecule has 1 aliphatic rings. The number of benzene rings is 3. The lowest BCUT2D eigenvalue weighted by Gasteiger charge is -2.26. The predicted octanol–water partition coefficient (Wildman–Crippen LogP) is 5.38. The summed E-state index contributed by atoms with van der Waals surface area (Å²) in [5.74, 6) is 2.49. The topological polar surface area (TPSA) is 106 Å². The lowest BCUT2D eigenvalue weighted by atomic mass is 9.88. The summed E-state index contributed by atoms with van der Waals surface area (Å²) in [6.45, 7) is 0. The minimum atomic E-state index is -0.916. The number of carbonyl (C=O) groups is 1. The van der Waals surface area contributed by atoms with Gasteiger partial charge in [0.2, 0.25) is 5.95 Å². The highest BCUT2D eigenvalue weighted by molar-refractivity contribution is 5.69. The highest BCUT2D eigenvalue weighted by Gasteiger charge is 2.20. The Kier molecular flexibility index (Phi) is 6.54. The molecule has 1 aromatic heterocycles. The summed E-state index contributed by atoms with van der Waals surface area (Å²) in [6, 6.07) is 25.0. The first-order valence-corrected chi connectivity index (χ1v) is 11.3. The first-order chi connectivity index (χ1) is 17.2. The van der Waals surface area contributed by atoms with Crippen molar-refractivity contribution < 1.29 is 19.5 Å². The number of amides is 1. The molecule has 0 bridgehead atoms. The number of nitrogens with zero attached hydrogens (tertiary/aromatic N) is 2. The van der Waals surface area contributed by atoms with Gasteiger partial charge in [-0.05, 0) is 85.0 Å². The third-order valence-electron chi connectivity index (χ3n) is 5.83. The van der Waals surface area contributed by atoms with Gasteiger partial charge >= 0.3 is 6.09 Å². The number of ether oxygens (including phenoxy) is 2. The van der Waals surface area contributed by atoms with E-state index in [4.69, 9.17) is 19.7 Å². The van der Waals surface area contributed by atoms with Crippen molar-refractivity contribution in [2.45, 2.75) is 25.3 Å². The average Bonchev–Trinajstić information content (AvgIpc) is 2.89. The van der Waals surface area contributed by atoms with Crippen LogP contribution in [0.15, 0.2) is 85.1 Å². The van der Waals surface area contributed by atoms with Crippen molar-refractivity contribution in [2.75, 3.05) is 5.32 Å². The van der Waals surface area contributed by atoms with Gasteiger partial charge in [-0.1, -0.05) is 24.3 Å². The first kappa shape index (κ1) is 22.4. The minimum Gasteiger partial charge on any atom is -0.457 e. The second-order valence-electron chi connectivity index (χ2n) is 8.22.